The maximum Gasteiger partial charge on any atom is 1.00 e. The van der Waals surface area contributed by atoms with Crippen molar-refractivity contribution >= 4 is 47.6 Å². The predicted molar refractivity (Wildman–Crippen MR) is 84.1 cm³/mol. The fraction of sp³-hybridized carbons (Fsp3) is 0. The van der Waals surface area contributed by atoms with Gasteiger partial charge in [0.15, 0.2) is 0 Å². The third kappa shape index (κ3) is 8.50. The topological polar surface area (TPSA) is 133 Å². The van der Waals surface area contributed by atoms with E-state index in [2.05, 4.69) is 8.58 Å². The van der Waals surface area contributed by atoms with E-state index >= 15 is 0 Å². The third-order valence-electron chi connectivity index (χ3n) is 2.87. The summed E-state index contributed by atoms with van der Waals surface area (Å²) in [7, 11) is 0. The van der Waals surface area contributed by atoms with Crippen LogP contribution in [0.5, 0.6) is 0 Å². The average molecular weight is 445 g/mol. The Balaban J connectivity index is 0. The van der Waals surface area contributed by atoms with Crippen molar-refractivity contribution in [3.63, 3.8) is 0 Å². The summed E-state index contributed by atoms with van der Waals surface area (Å²) < 4.78 is 7.74. The summed E-state index contributed by atoms with van der Waals surface area (Å²) in [6.45, 7) is 0. The Morgan fingerprint density at radius 1 is 0.607 bits per heavy atom. The molecule has 0 atom stereocenters. The minimum absolute atomic E-state index is 0. The van der Waals surface area contributed by atoms with E-state index in [1.807, 2.05) is 0 Å². The van der Waals surface area contributed by atoms with Crippen LogP contribution in [0.25, 0.3) is 0 Å². The van der Waals surface area contributed by atoms with Crippen LogP contribution in [0.15, 0.2) is 48.5 Å². The smallest absolute Gasteiger partial charge is 0.545 e. The van der Waals surface area contributed by atoms with Crippen LogP contribution >= 0.6 is 23.7 Å². The molecule has 2 rings (SSSR count). The third-order valence-corrected chi connectivity index (χ3v) is 3.15. The Morgan fingerprint density at radius 3 is 1.07 bits per heavy atom. The number of hydrogen-bond acceptors (Lipinski definition) is 8. The molecule has 0 unspecified atom stereocenters. The summed E-state index contributed by atoms with van der Waals surface area (Å²) in [5, 5.41) is 21.0. The molecule has 0 spiro atoms. The largest absolute Gasteiger partial charge is 1.00 e. The van der Waals surface area contributed by atoms with Gasteiger partial charge < -0.3 is 28.4 Å². The zero-order chi connectivity index (χ0) is 19.7. The van der Waals surface area contributed by atoms with Crippen LogP contribution in [-0.4, -0.2) is 23.9 Å². The van der Waals surface area contributed by atoms with Crippen molar-refractivity contribution in [3.8, 4) is 0 Å². The molecular weight excluding hydrogens is 437 g/mol. The van der Waals surface area contributed by atoms with E-state index in [-0.39, 0.29) is 81.4 Å². The van der Waals surface area contributed by atoms with Gasteiger partial charge in [-0.15, -0.1) is 0 Å². The number of carbonyl (C=O) groups is 4. The van der Waals surface area contributed by atoms with E-state index in [1.165, 1.54) is 48.5 Å². The maximum atomic E-state index is 10.9. The van der Waals surface area contributed by atoms with E-state index in [0.29, 0.717) is 0 Å². The van der Waals surface area contributed by atoms with E-state index in [0.717, 1.165) is 0 Å². The zero-order valence-corrected chi connectivity index (χ0v) is 20.2. The van der Waals surface area contributed by atoms with Crippen LogP contribution in [0.3, 0.4) is 0 Å². The van der Waals surface area contributed by atoms with Gasteiger partial charge in [0.25, 0.3) is 0 Å². The molecule has 28 heavy (non-hydrogen) atoms. The monoisotopic (exact) mass is 444 g/mol. The molecule has 12 heteroatoms. The van der Waals surface area contributed by atoms with Gasteiger partial charge >= 0.3 is 71.1 Å². The van der Waals surface area contributed by atoms with Crippen molar-refractivity contribution < 1.29 is 97.1 Å². The first-order valence-corrected chi connectivity index (χ1v) is 7.21. The second-order valence-electron chi connectivity index (χ2n) is 4.40. The van der Waals surface area contributed by atoms with Crippen LogP contribution in [0.1, 0.15) is 41.4 Å². The molecule has 0 radical (unpaired) electrons. The van der Waals surface area contributed by atoms with Crippen molar-refractivity contribution in [2.24, 2.45) is 0 Å². The van der Waals surface area contributed by atoms with Gasteiger partial charge in [-0.3, -0.25) is 0 Å². The molecule has 0 aliphatic carbocycles. The van der Waals surface area contributed by atoms with Gasteiger partial charge in [-0.2, -0.15) is 0 Å². The summed E-state index contributed by atoms with van der Waals surface area (Å²) in [6, 6.07) is 11.0. The molecule has 2 aromatic carbocycles. The van der Waals surface area contributed by atoms with Gasteiger partial charge in [-0.25, -0.2) is 9.59 Å². The number of carboxylic acid groups (broad SMARTS) is 2. The summed E-state index contributed by atoms with van der Waals surface area (Å²) in [5.41, 5.74) is -0.740. The normalized spacial score (nSPS) is 8.64. The van der Waals surface area contributed by atoms with E-state index < -0.39 is 23.9 Å². The number of rotatable bonds is 4. The molecule has 0 amide bonds. The minimum Gasteiger partial charge on any atom is -0.545 e. The fourth-order valence-electron chi connectivity index (χ4n) is 1.76. The van der Waals surface area contributed by atoms with Crippen LogP contribution in [0, 0.1) is 0 Å². The van der Waals surface area contributed by atoms with Crippen molar-refractivity contribution in [1.29, 1.82) is 0 Å². The Hall–Kier alpha value is -1.10. The van der Waals surface area contributed by atoms with Crippen LogP contribution in [0.4, 0.5) is 0 Å². The van der Waals surface area contributed by atoms with Gasteiger partial charge in [-0.05, 0) is 12.1 Å². The summed E-state index contributed by atoms with van der Waals surface area (Å²) >= 11 is 9.60. The van der Waals surface area contributed by atoms with Crippen molar-refractivity contribution in [2.75, 3.05) is 0 Å². The number of aromatic carboxylic acids is 2. The quantitative estimate of drug-likeness (QED) is 0.427. The van der Waals surface area contributed by atoms with Gasteiger partial charge in [0.05, 0.1) is 23.1 Å². The Labute approximate surface area is 213 Å². The van der Waals surface area contributed by atoms with E-state index in [9.17, 15) is 29.4 Å². The predicted octanol–water partition coefficient (Wildman–Crippen LogP) is -5.27. The van der Waals surface area contributed by atoms with Crippen LogP contribution in [0.2, 0.25) is 0 Å². The molecule has 0 fully saturated rings. The molecule has 0 bridgehead atoms. The second-order valence-corrected chi connectivity index (χ2v) is 4.70. The van der Waals surface area contributed by atoms with Crippen molar-refractivity contribution in [3.05, 3.63) is 70.8 Å². The number of halogens is 2. The Kier molecular flexibility index (Phi) is 15.4. The summed E-state index contributed by atoms with van der Waals surface area (Å²) in [6.07, 6.45) is 0. The van der Waals surface area contributed by atoms with E-state index in [1.54, 1.807) is 0 Å². The first-order chi connectivity index (χ1) is 12.3. The number of carboxylic acids is 2. The van der Waals surface area contributed by atoms with Gasteiger partial charge in [0, 0.05) is 11.1 Å². The Morgan fingerprint density at radius 2 is 0.857 bits per heavy atom. The minimum atomic E-state index is -1.45. The molecule has 0 aromatic heterocycles. The van der Waals surface area contributed by atoms with Gasteiger partial charge in [0.2, 0.25) is 0 Å². The molecule has 0 heterocycles. The summed E-state index contributed by atoms with van der Waals surface area (Å²) in [4.78, 5) is 42.7. The fourth-order valence-corrected chi connectivity index (χ4v) is 1.93. The SMILES string of the molecule is O=C([O-])c1ccccc1C(=O)OCl.O=C([O-])c1ccccc1C(=O)OCl.[Na+].[Na+]. The molecular formula is C16H8Cl2Na2O8. The second kappa shape index (κ2) is 14.8. The summed E-state index contributed by atoms with van der Waals surface area (Å²) in [5.74, 6) is -4.72. The molecule has 8 nitrogen and oxygen atoms in total. The number of hydrogen-bond donors (Lipinski definition) is 0. The Bertz CT molecular complexity index is 775. The zero-order valence-electron chi connectivity index (χ0n) is 14.6. The average Bonchev–Trinajstić information content (AvgIpc) is 2.67. The molecule has 0 aliphatic heterocycles. The molecule has 0 aliphatic rings. The number of carbonyl (C=O) groups excluding carboxylic acids is 4. The first kappa shape index (κ1) is 29.1. The molecule has 0 saturated carbocycles. The number of benzene rings is 2. The molecule has 136 valence electrons. The van der Waals surface area contributed by atoms with Crippen molar-refractivity contribution in [2.45, 2.75) is 0 Å². The standard InChI is InChI=1S/2C8H5ClO4.2Na/c2*9-13-8(12)6-4-2-1-3-5(6)7(10)11;;/h2*1-4H,(H,10,11);;/q;;2*+1/p-2. The van der Waals surface area contributed by atoms with Crippen LogP contribution < -0.4 is 69.3 Å². The molecule has 0 N–H and O–H groups in total. The van der Waals surface area contributed by atoms with Gasteiger partial charge in [0.1, 0.15) is 23.7 Å². The first-order valence-electron chi connectivity index (χ1n) is 6.60. The van der Waals surface area contributed by atoms with E-state index in [4.69, 9.17) is 23.7 Å². The van der Waals surface area contributed by atoms with Crippen molar-refractivity contribution in [1.82, 2.24) is 0 Å². The van der Waals surface area contributed by atoms with Crippen LogP contribution in [-0.2, 0) is 8.58 Å². The molecule has 0 saturated heterocycles. The van der Waals surface area contributed by atoms with Gasteiger partial charge in [-0.1, -0.05) is 36.4 Å². The maximum absolute atomic E-state index is 10.9. The molecule has 2 aromatic rings.